The molecule has 106 valence electrons. The second kappa shape index (κ2) is 14.6. The molecule has 0 bridgehead atoms. The fourth-order valence-corrected chi connectivity index (χ4v) is 0.792. The zero-order chi connectivity index (χ0) is 11.6. The Hall–Kier alpha value is -1.44. The number of halogens is 1. The van der Waals surface area contributed by atoms with E-state index in [9.17, 15) is 0 Å². The van der Waals surface area contributed by atoms with Crippen molar-refractivity contribution in [1.29, 1.82) is 5.26 Å². The molecule has 0 radical (unpaired) electrons. The van der Waals surface area contributed by atoms with E-state index < -0.39 is 0 Å². The smallest absolute Gasteiger partial charge is 0.232 e. The predicted molar refractivity (Wildman–Crippen MR) is 70.3 cm³/mol. The van der Waals surface area contributed by atoms with Crippen LogP contribution in [0, 0.1) is 18.8 Å². The number of nitrogens with two attached hydrogens (primary N) is 1. The summed E-state index contributed by atoms with van der Waals surface area (Å²) in [6.07, 6.45) is 6.42. The van der Waals surface area contributed by atoms with E-state index in [0.29, 0.717) is 12.4 Å². The van der Waals surface area contributed by atoms with Crippen molar-refractivity contribution < 1.29 is 20.4 Å². The summed E-state index contributed by atoms with van der Waals surface area (Å²) >= 11 is 0. The van der Waals surface area contributed by atoms with Gasteiger partial charge in [-0.3, -0.25) is 0 Å². The van der Waals surface area contributed by atoms with Crippen LogP contribution in [-0.4, -0.2) is 19.9 Å². The minimum absolute atomic E-state index is 0. The molecule has 0 aliphatic rings. The molecule has 0 aliphatic carbocycles. The molecule has 0 saturated heterocycles. The molecule has 2 aromatic heterocycles. The van der Waals surface area contributed by atoms with Crippen LogP contribution in [0.15, 0.2) is 36.9 Å². The summed E-state index contributed by atoms with van der Waals surface area (Å²) in [7, 11) is 0. The molecular weight excluding hydrogens is 358 g/mol. The summed E-state index contributed by atoms with van der Waals surface area (Å²) in [6, 6.07) is 5.24. The van der Waals surface area contributed by atoms with Crippen LogP contribution in [0.3, 0.4) is 0 Å². The van der Waals surface area contributed by atoms with Crippen molar-refractivity contribution in [3.63, 3.8) is 0 Å². The van der Waals surface area contributed by atoms with Gasteiger partial charge in [-0.1, -0.05) is 0 Å². The molecule has 2 heterocycles. The first kappa shape index (κ1) is 22.7. The van der Waals surface area contributed by atoms with Crippen molar-refractivity contribution in [1.82, 2.24) is 19.9 Å². The zero-order valence-electron chi connectivity index (χ0n) is 10.2. The molecule has 6 nitrogen and oxygen atoms in total. The summed E-state index contributed by atoms with van der Waals surface area (Å²) in [4.78, 5) is 15.0. The van der Waals surface area contributed by atoms with Crippen LogP contribution in [-0.2, 0) is 27.0 Å². The Morgan fingerprint density at radius 2 is 1.42 bits per heavy atom. The number of rotatable bonds is 1. The van der Waals surface area contributed by atoms with E-state index in [1.54, 1.807) is 30.6 Å². The maximum absolute atomic E-state index is 8.16. The van der Waals surface area contributed by atoms with Gasteiger partial charge >= 0.3 is 0 Å². The topological polar surface area (TPSA) is 101 Å². The third-order valence-electron chi connectivity index (χ3n) is 1.47. The number of nitriles is 1. The molecular formula is C11H14ClN6Pd-. The standard InChI is InChI=1S/C5H7N3.C5H3N3.CH3.ClH.Pd/c2*6-4-5-7-2-1-3-8-5;;;/h1-3H,4,6H2;1-3H;1H3;1H;/q;;-1;;. The van der Waals surface area contributed by atoms with E-state index in [-0.39, 0.29) is 46.1 Å². The van der Waals surface area contributed by atoms with Crippen LogP contribution >= 0.6 is 12.4 Å². The Morgan fingerprint density at radius 1 is 1.00 bits per heavy atom. The van der Waals surface area contributed by atoms with Gasteiger partial charge < -0.3 is 13.2 Å². The molecule has 0 saturated carbocycles. The Morgan fingerprint density at radius 3 is 1.68 bits per heavy atom. The molecule has 2 rings (SSSR count). The maximum atomic E-state index is 8.16. The third kappa shape index (κ3) is 10.2. The van der Waals surface area contributed by atoms with Crippen molar-refractivity contribution in [2.75, 3.05) is 0 Å². The van der Waals surface area contributed by atoms with Gasteiger partial charge in [0, 0.05) is 45.2 Å². The Bertz CT molecular complexity index is 448. The van der Waals surface area contributed by atoms with Gasteiger partial charge in [0.05, 0.1) is 6.54 Å². The summed E-state index contributed by atoms with van der Waals surface area (Å²) in [5.41, 5.74) is 5.22. The zero-order valence-corrected chi connectivity index (χ0v) is 12.6. The maximum Gasteiger partial charge on any atom is 0.232 e. The quantitative estimate of drug-likeness (QED) is 0.595. The van der Waals surface area contributed by atoms with Crippen molar-refractivity contribution >= 4 is 12.4 Å². The Labute approximate surface area is 132 Å². The van der Waals surface area contributed by atoms with Gasteiger partial charge in [0.25, 0.3) is 0 Å². The second-order valence-electron chi connectivity index (χ2n) is 2.55. The van der Waals surface area contributed by atoms with Gasteiger partial charge in [0.1, 0.15) is 11.9 Å². The summed E-state index contributed by atoms with van der Waals surface area (Å²) in [5, 5.41) is 8.16. The van der Waals surface area contributed by atoms with Crippen LogP contribution < -0.4 is 5.73 Å². The van der Waals surface area contributed by atoms with Crippen LogP contribution in [0.1, 0.15) is 11.6 Å². The molecule has 0 amide bonds. The first-order valence-electron chi connectivity index (χ1n) is 4.50. The minimum Gasteiger partial charge on any atom is -0.358 e. The average molecular weight is 372 g/mol. The molecule has 8 heteroatoms. The molecule has 0 spiro atoms. The number of aromatic nitrogens is 4. The first-order valence-corrected chi connectivity index (χ1v) is 4.50. The second-order valence-corrected chi connectivity index (χ2v) is 2.55. The van der Waals surface area contributed by atoms with Gasteiger partial charge in [-0.05, 0) is 12.1 Å². The molecule has 2 aromatic rings. The average Bonchev–Trinajstić information content (AvgIpc) is 2.41. The number of nitrogens with zero attached hydrogens (tertiary/aromatic N) is 5. The number of hydrogen-bond acceptors (Lipinski definition) is 6. The van der Waals surface area contributed by atoms with Gasteiger partial charge in [-0.25, -0.2) is 19.9 Å². The van der Waals surface area contributed by atoms with Gasteiger partial charge in [0.2, 0.25) is 5.82 Å². The molecule has 0 atom stereocenters. The van der Waals surface area contributed by atoms with Gasteiger partial charge in [-0.2, -0.15) is 5.26 Å². The summed E-state index contributed by atoms with van der Waals surface area (Å²) in [5.74, 6) is 0.903. The van der Waals surface area contributed by atoms with Crippen molar-refractivity contribution in [3.05, 3.63) is 56.0 Å². The van der Waals surface area contributed by atoms with Crippen molar-refractivity contribution in [3.8, 4) is 6.07 Å². The van der Waals surface area contributed by atoms with E-state index in [1.165, 1.54) is 12.4 Å². The molecule has 2 N–H and O–H groups in total. The van der Waals surface area contributed by atoms with Gasteiger partial charge in [0.15, 0.2) is 0 Å². The summed E-state index contributed by atoms with van der Waals surface area (Å²) < 4.78 is 0. The van der Waals surface area contributed by atoms with E-state index in [2.05, 4.69) is 19.9 Å². The molecule has 0 fully saturated rings. The van der Waals surface area contributed by atoms with Crippen LogP contribution in [0.5, 0.6) is 0 Å². The normalized spacial score (nSPS) is 7.16. The van der Waals surface area contributed by atoms with E-state index in [0.717, 1.165) is 0 Å². The molecule has 0 aliphatic heterocycles. The minimum atomic E-state index is 0. The molecule has 19 heavy (non-hydrogen) atoms. The predicted octanol–water partition coefficient (Wildman–Crippen LogP) is 1.15. The molecule has 0 unspecified atom stereocenters. The van der Waals surface area contributed by atoms with E-state index in [1.807, 2.05) is 0 Å². The fourth-order valence-electron chi connectivity index (χ4n) is 0.792. The monoisotopic (exact) mass is 371 g/mol. The van der Waals surface area contributed by atoms with Crippen LogP contribution in [0.25, 0.3) is 0 Å². The van der Waals surface area contributed by atoms with Crippen LogP contribution in [0.4, 0.5) is 0 Å². The van der Waals surface area contributed by atoms with Crippen molar-refractivity contribution in [2.45, 2.75) is 6.54 Å². The number of hydrogen-bond donors (Lipinski definition) is 1. The van der Waals surface area contributed by atoms with E-state index >= 15 is 0 Å². The van der Waals surface area contributed by atoms with Crippen LogP contribution in [0.2, 0.25) is 0 Å². The van der Waals surface area contributed by atoms with Crippen molar-refractivity contribution in [2.24, 2.45) is 5.73 Å². The third-order valence-corrected chi connectivity index (χ3v) is 1.47. The largest absolute Gasteiger partial charge is 0.358 e. The fraction of sp³-hybridized carbons (Fsp3) is 0.0909. The first-order chi connectivity index (χ1) is 7.86. The van der Waals surface area contributed by atoms with Gasteiger partial charge in [-0.15, -0.1) is 12.4 Å². The summed E-state index contributed by atoms with van der Waals surface area (Å²) in [6.45, 7) is 0.418. The SMILES string of the molecule is Cl.N#Cc1ncccn1.NCc1ncccn1.[CH3-].[Pd]. The Kier molecular flexibility index (Phi) is 17.5. The molecule has 0 aromatic carbocycles. The Balaban J connectivity index is -0.000000233. The van der Waals surface area contributed by atoms with E-state index in [4.69, 9.17) is 11.0 Å².